The zero-order valence-corrected chi connectivity index (χ0v) is 7.97. The summed E-state index contributed by atoms with van der Waals surface area (Å²) in [6.07, 6.45) is 4.52. The molecular formula is C7H11NO4S. The minimum Gasteiger partial charge on any atom is -0.481 e. The van der Waals surface area contributed by atoms with Gasteiger partial charge in [-0.15, -0.1) is 6.42 Å². The number of carbonyl (C=O) groups is 1. The molecule has 5 nitrogen and oxygen atoms in total. The molecule has 0 heterocycles. The molecule has 2 N–H and O–H groups in total. The standard InChI is InChI=1S/C7H11NO4S/c1-3-6(2)8-13(11,12)5-4-7(9)10/h1,6,8H,4-5H2,2H3,(H,9,10). The minimum absolute atomic E-state index is 0.424. The summed E-state index contributed by atoms with van der Waals surface area (Å²) in [5, 5.41) is 8.24. The van der Waals surface area contributed by atoms with Gasteiger partial charge in [-0.25, -0.2) is 13.1 Å². The molecule has 13 heavy (non-hydrogen) atoms. The first kappa shape index (κ1) is 11.9. The monoisotopic (exact) mass is 205 g/mol. The third kappa shape index (κ3) is 6.13. The van der Waals surface area contributed by atoms with E-state index < -0.39 is 34.2 Å². The number of carboxylic acids is 1. The average Bonchev–Trinajstić information content (AvgIpc) is 2.00. The Morgan fingerprint density at radius 2 is 2.23 bits per heavy atom. The fourth-order valence-corrected chi connectivity index (χ4v) is 1.75. The Morgan fingerprint density at radius 3 is 2.62 bits per heavy atom. The molecule has 74 valence electrons. The lowest BCUT2D eigenvalue weighted by Gasteiger charge is -2.06. The summed E-state index contributed by atoms with van der Waals surface area (Å²) < 4.78 is 24.2. The molecule has 0 aliphatic carbocycles. The van der Waals surface area contributed by atoms with Crippen molar-refractivity contribution in [2.45, 2.75) is 19.4 Å². The summed E-state index contributed by atoms with van der Waals surface area (Å²) in [5.74, 6) is 0.567. The van der Waals surface area contributed by atoms with Gasteiger partial charge < -0.3 is 5.11 Å². The van der Waals surface area contributed by atoms with E-state index in [0.29, 0.717) is 0 Å². The first-order chi connectivity index (χ1) is 5.87. The number of aliphatic carboxylic acids is 1. The van der Waals surface area contributed by atoms with Crippen LogP contribution in [-0.4, -0.2) is 31.3 Å². The third-order valence-electron chi connectivity index (χ3n) is 1.19. The van der Waals surface area contributed by atoms with Crippen molar-refractivity contribution in [1.29, 1.82) is 0 Å². The van der Waals surface area contributed by atoms with Gasteiger partial charge in [-0.2, -0.15) is 0 Å². The fraction of sp³-hybridized carbons (Fsp3) is 0.571. The van der Waals surface area contributed by atoms with Crippen LogP contribution in [0.1, 0.15) is 13.3 Å². The van der Waals surface area contributed by atoms with Crippen LogP contribution < -0.4 is 4.72 Å². The molecule has 1 atom stereocenters. The normalized spacial score (nSPS) is 13.2. The molecule has 0 rings (SSSR count). The number of sulfonamides is 1. The third-order valence-corrected chi connectivity index (χ3v) is 2.65. The van der Waals surface area contributed by atoms with E-state index in [1.165, 1.54) is 6.92 Å². The van der Waals surface area contributed by atoms with Crippen LogP contribution in [0.25, 0.3) is 0 Å². The predicted molar refractivity (Wildman–Crippen MR) is 47.5 cm³/mol. The summed E-state index contributed by atoms with van der Waals surface area (Å²) >= 11 is 0. The van der Waals surface area contributed by atoms with Crippen molar-refractivity contribution in [3.63, 3.8) is 0 Å². The summed E-state index contributed by atoms with van der Waals surface area (Å²) in [7, 11) is -3.56. The van der Waals surface area contributed by atoms with Crippen molar-refractivity contribution in [3.8, 4) is 12.3 Å². The first-order valence-electron chi connectivity index (χ1n) is 3.55. The Labute approximate surface area is 77.2 Å². The van der Waals surface area contributed by atoms with Gasteiger partial charge >= 0.3 is 5.97 Å². The molecule has 0 fully saturated rings. The Hall–Kier alpha value is -1.06. The van der Waals surface area contributed by atoms with Gasteiger partial charge in [0.2, 0.25) is 10.0 Å². The van der Waals surface area contributed by atoms with Crippen molar-refractivity contribution < 1.29 is 18.3 Å². The van der Waals surface area contributed by atoms with Crippen molar-refractivity contribution in [3.05, 3.63) is 0 Å². The summed E-state index contributed by atoms with van der Waals surface area (Å²) in [6.45, 7) is 1.50. The molecular weight excluding hydrogens is 194 g/mol. The van der Waals surface area contributed by atoms with Gasteiger partial charge in [0.25, 0.3) is 0 Å². The maximum atomic E-state index is 11.0. The van der Waals surface area contributed by atoms with Gasteiger partial charge in [0.1, 0.15) is 0 Å². The second kappa shape index (κ2) is 4.84. The van der Waals surface area contributed by atoms with Crippen molar-refractivity contribution in [2.75, 3.05) is 5.75 Å². The van der Waals surface area contributed by atoms with Crippen LogP contribution in [0.2, 0.25) is 0 Å². The Bertz CT molecular complexity index is 314. The van der Waals surface area contributed by atoms with E-state index in [2.05, 4.69) is 10.6 Å². The molecule has 6 heteroatoms. The molecule has 0 amide bonds. The summed E-state index contributed by atoms with van der Waals surface area (Å²) in [5.41, 5.74) is 0. The second-order valence-electron chi connectivity index (χ2n) is 2.47. The van der Waals surface area contributed by atoms with Crippen LogP contribution in [0.5, 0.6) is 0 Å². The van der Waals surface area contributed by atoms with Gasteiger partial charge in [-0.05, 0) is 6.92 Å². The lowest BCUT2D eigenvalue weighted by molar-refractivity contribution is -0.136. The number of hydrogen-bond acceptors (Lipinski definition) is 3. The number of hydrogen-bond donors (Lipinski definition) is 2. The van der Waals surface area contributed by atoms with Crippen molar-refractivity contribution >= 4 is 16.0 Å². The number of rotatable bonds is 5. The largest absolute Gasteiger partial charge is 0.481 e. The highest BCUT2D eigenvalue weighted by molar-refractivity contribution is 7.89. The molecule has 0 aromatic heterocycles. The lowest BCUT2D eigenvalue weighted by Crippen LogP contribution is -2.33. The van der Waals surface area contributed by atoms with E-state index in [1.54, 1.807) is 0 Å². The highest BCUT2D eigenvalue weighted by Crippen LogP contribution is 1.92. The maximum absolute atomic E-state index is 11.0. The van der Waals surface area contributed by atoms with Crippen LogP contribution in [0.4, 0.5) is 0 Å². The summed E-state index contributed by atoms with van der Waals surface area (Å²) in [4.78, 5) is 10.1. The molecule has 1 unspecified atom stereocenters. The Balaban J connectivity index is 4.12. The molecule has 0 bridgehead atoms. The Morgan fingerprint density at radius 1 is 1.69 bits per heavy atom. The average molecular weight is 205 g/mol. The van der Waals surface area contributed by atoms with Crippen LogP contribution in [0, 0.1) is 12.3 Å². The highest BCUT2D eigenvalue weighted by Gasteiger charge is 2.14. The molecule has 0 aliphatic rings. The number of nitrogens with one attached hydrogen (secondary N) is 1. The molecule has 0 aliphatic heterocycles. The van der Waals surface area contributed by atoms with E-state index >= 15 is 0 Å². The first-order valence-corrected chi connectivity index (χ1v) is 5.20. The van der Waals surface area contributed by atoms with Crippen LogP contribution in [-0.2, 0) is 14.8 Å². The van der Waals surface area contributed by atoms with E-state index in [9.17, 15) is 13.2 Å². The maximum Gasteiger partial charge on any atom is 0.304 e. The minimum atomic E-state index is -3.56. The molecule has 0 spiro atoms. The zero-order chi connectivity index (χ0) is 10.5. The second-order valence-corrected chi connectivity index (χ2v) is 4.34. The van der Waals surface area contributed by atoms with Gasteiger partial charge in [-0.3, -0.25) is 4.79 Å². The van der Waals surface area contributed by atoms with Crippen LogP contribution >= 0.6 is 0 Å². The Kier molecular flexibility index (Phi) is 4.45. The number of carboxylic acid groups (broad SMARTS) is 1. The van der Waals surface area contributed by atoms with Gasteiger partial charge in [0.05, 0.1) is 18.2 Å². The highest BCUT2D eigenvalue weighted by atomic mass is 32.2. The van der Waals surface area contributed by atoms with Crippen molar-refractivity contribution in [2.24, 2.45) is 0 Å². The van der Waals surface area contributed by atoms with E-state index in [-0.39, 0.29) is 0 Å². The predicted octanol–water partition coefficient (Wildman–Crippen LogP) is -0.598. The number of terminal acetylenes is 1. The smallest absolute Gasteiger partial charge is 0.304 e. The van der Waals surface area contributed by atoms with Gasteiger partial charge in [0.15, 0.2) is 0 Å². The van der Waals surface area contributed by atoms with Crippen molar-refractivity contribution in [1.82, 2.24) is 4.72 Å². The van der Waals surface area contributed by atoms with Gasteiger partial charge in [-0.1, -0.05) is 5.92 Å². The van der Waals surface area contributed by atoms with Crippen LogP contribution in [0.3, 0.4) is 0 Å². The fourth-order valence-electron chi connectivity index (χ4n) is 0.584. The topological polar surface area (TPSA) is 83.5 Å². The van der Waals surface area contributed by atoms with Crippen LogP contribution in [0.15, 0.2) is 0 Å². The molecule has 0 aromatic rings. The summed E-state index contributed by atoms with van der Waals surface area (Å²) in [6, 6.07) is -0.612. The molecule has 0 radical (unpaired) electrons. The van der Waals surface area contributed by atoms with E-state index in [0.717, 1.165) is 0 Å². The molecule has 0 aromatic carbocycles. The lowest BCUT2D eigenvalue weighted by atomic mass is 10.4. The quantitative estimate of drug-likeness (QED) is 0.587. The van der Waals surface area contributed by atoms with Gasteiger partial charge in [0, 0.05) is 0 Å². The van der Waals surface area contributed by atoms with E-state index in [1.807, 2.05) is 0 Å². The van der Waals surface area contributed by atoms with E-state index in [4.69, 9.17) is 11.5 Å². The molecule has 0 saturated heterocycles. The SMILES string of the molecule is C#CC(C)NS(=O)(=O)CCC(=O)O. The zero-order valence-electron chi connectivity index (χ0n) is 7.15. The molecule has 0 saturated carbocycles.